The number of methoxy groups -OCH3 is 1. The molecule has 8 heteroatoms. The number of nitrogens with one attached hydrogen (secondary N) is 1. The number of aliphatic imine (C=N–C) groups is 1. The van der Waals surface area contributed by atoms with Gasteiger partial charge in [-0.2, -0.15) is 0 Å². The number of benzene rings is 2. The van der Waals surface area contributed by atoms with Gasteiger partial charge in [0.15, 0.2) is 17.5 Å². The summed E-state index contributed by atoms with van der Waals surface area (Å²) in [4.78, 5) is 4.35. The topological polar surface area (TPSA) is 78.1 Å². The first-order chi connectivity index (χ1) is 12.7. The van der Waals surface area contributed by atoms with E-state index in [1.54, 1.807) is 7.11 Å². The van der Waals surface area contributed by atoms with Crippen LogP contribution in [0.3, 0.4) is 0 Å². The second-order valence-corrected chi connectivity index (χ2v) is 6.24. The fraction of sp³-hybridized carbons (Fsp3) is 0.316. The maximum Gasteiger partial charge on any atom is 0.188 e. The number of guanidine groups is 1. The number of rotatable bonds is 6. The molecule has 2 aromatic rings. The summed E-state index contributed by atoms with van der Waals surface area (Å²) in [5.41, 5.74) is 8.05. The summed E-state index contributed by atoms with van der Waals surface area (Å²) in [6.07, 6.45) is 0.843. The molecule has 0 aliphatic carbocycles. The summed E-state index contributed by atoms with van der Waals surface area (Å²) in [7, 11) is 1.66. The third kappa shape index (κ3) is 6.07. The van der Waals surface area contributed by atoms with E-state index in [-0.39, 0.29) is 24.0 Å². The molecule has 2 aromatic carbocycles. The number of hydrogen-bond acceptors (Lipinski definition) is 4. The normalized spacial score (nSPS) is 12.9. The van der Waals surface area contributed by atoms with E-state index in [1.807, 2.05) is 36.4 Å². The molecule has 6 nitrogen and oxygen atoms in total. The molecule has 3 N–H and O–H groups in total. The van der Waals surface area contributed by atoms with Crippen LogP contribution in [0.2, 0.25) is 5.02 Å². The number of nitrogens with two attached hydrogens (primary N) is 1. The molecule has 0 fully saturated rings. The highest BCUT2D eigenvalue weighted by molar-refractivity contribution is 14.0. The molecular weight excluding hydrogens is 481 g/mol. The molecule has 0 radical (unpaired) electrons. The molecule has 1 aliphatic rings. The lowest BCUT2D eigenvalue weighted by molar-refractivity contribution is 0.171. The average molecular weight is 504 g/mol. The Morgan fingerprint density at radius 2 is 1.93 bits per heavy atom. The van der Waals surface area contributed by atoms with Gasteiger partial charge in [0.25, 0.3) is 0 Å². The molecule has 0 bridgehead atoms. The van der Waals surface area contributed by atoms with Gasteiger partial charge in [0, 0.05) is 6.54 Å². The molecule has 0 saturated carbocycles. The minimum atomic E-state index is 0. The SMILES string of the molecule is COc1ccc(CCNC(N)=NCc2cc(Cl)c3c(c2)OCCO3)cc1.I. The van der Waals surface area contributed by atoms with Gasteiger partial charge in [-0.15, -0.1) is 24.0 Å². The average Bonchev–Trinajstić information content (AvgIpc) is 2.67. The Kier molecular flexibility index (Phi) is 8.30. The van der Waals surface area contributed by atoms with Crippen LogP contribution in [0.15, 0.2) is 41.4 Å². The predicted molar refractivity (Wildman–Crippen MR) is 118 cm³/mol. The number of halogens is 2. The molecule has 0 spiro atoms. The number of ether oxygens (including phenoxy) is 3. The van der Waals surface area contributed by atoms with Gasteiger partial charge < -0.3 is 25.3 Å². The van der Waals surface area contributed by atoms with Crippen molar-refractivity contribution in [2.24, 2.45) is 10.7 Å². The van der Waals surface area contributed by atoms with Crippen molar-refractivity contribution in [3.05, 3.63) is 52.5 Å². The van der Waals surface area contributed by atoms with Crippen LogP contribution in [0.4, 0.5) is 0 Å². The second-order valence-electron chi connectivity index (χ2n) is 5.83. The minimum Gasteiger partial charge on any atom is -0.497 e. The van der Waals surface area contributed by atoms with Crippen molar-refractivity contribution in [1.29, 1.82) is 0 Å². The molecular formula is C19H23ClIN3O3. The van der Waals surface area contributed by atoms with Gasteiger partial charge in [0.2, 0.25) is 0 Å². The van der Waals surface area contributed by atoms with Crippen LogP contribution in [0.5, 0.6) is 17.2 Å². The Morgan fingerprint density at radius 1 is 1.19 bits per heavy atom. The fourth-order valence-electron chi connectivity index (χ4n) is 2.62. The molecule has 0 saturated heterocycles. The maximum atomic E-state index is 6.23. The third-order valence-electron chi connectivity index (χ3n) is 3.97. The number of fused-ring (bicyclic) bond motifs is 1. The van der Waals surface area contributed by atoms with E-state index >= 15 is 0 Å². The van der Waals surface area contributed by atoms with Crippen molar-refractivity contribution in [2.45, 2.75) is 13.0 Å². The van der Waals surface area contributed by atoms with Crippen LogP contribution in [0.25, 0.3) is 0 Å². The molecule has 0 atom stereocenters. The summed E-state index contributed by atoms with van der Waals surface area (Å²) < 4.78 is 16.2. The summed E-state index contributed by atoms with van der Waals surface area (Å²) >= 11 is 6.23. The van der Waals surface area contributed by atoms with Crippen LogP contribution in [0.1, 0.15) is 11.1 Å². The molecule has 3 rings (SSSR count). The summed E-state index contributed by atoms with van der Waals surface area (Å²) in [5.74, 6) is 2.49. The van der Waals surface area contributed by atoms with E-state index in [0.717, 1.165) is 17.7 Å². The highest BCUT2D eigenvalue weighted by Gasteiger charge is 2.16. The highest BCUT2D eigenvalue weighted by atomic mass is 127. The second kappa shape index (κ2) is 10.5. The van der Waals surface area contributed by atoms with Gasteiger partial charge in [-0.3, -0.25) is 0 Å². The molecule has 0 aromatic heterocycles. The van der Waals surface area contributed by atoms with Crippen molar-refractivity contribution in [2.75, 3.05) is 26.9 Å². The monoisotopic (exact) mass is 503 g/mol. The van der Waals surface area contributed by atoms with Crippen molar-refractivity contribution in [3.63, 3.8) is 0 Å². The Labute approximate surface area is 181 Å². The van der Waals surface area contributed by atoms with Crippen LogP contribution in [0, 0.1) is 0 Å². The zero-order valence-electron chi connectivity index (χ0n) is 15.0. The van der Waals surface area contributed by atoms with Crippen molar-refractivity contribution < 1.29 is 14.2 Å². The van der Waals surface area contributed by atoms with Gasteiger partial charge in [0.1, 0.15) is 19.0 Å². The van der Waals surface area contributed by atoms with Gasteiger partial charge in [-0.1, -0.05) is 23.7 Å². The van der Waals surface area contributed by atoms with Gasteiger partial charge in [-0.25, -0.2) is 4.99 Å². The summed E-state index contributed by atoms with van der Waals surface area (Å²) in [6.45, 7) is 2.14. The van der Waals surface area contributed by atoms with E-state index < -0.39 is 0 Å². The lowest BCUT2D eigenvalue weighted by Crippen LogP contribution is -2.33. The quantitative estimate of drug-likeness (QED) is 0.359. The van der Waals surface area contributed by atoms with Crippen molar-refractivity contribution in [1.82, 2.24) is 5.32 Å². The van der Waals surface area contributed by atoms with Gasteiger partial charge in [-0.05, 0) is 41.8 Å². The molecule has 146 valence electrons. The number of nitrogens with zero attached hydrogens (tertiary/aromatic N) is 1. The first kappa shape index (κ1) is 21.4. The first-order valence-corrected chi connectivity index (χ1v) is 8.78. The minimum absolute atomic E-state index is 0. The molecule has 1 aliphatic heterocycles. The molecule has 1 heterocycles. The Balaban J connectivity index is 0.00000261. The lowest BCUT2D eigenvalue weighted by Gasteiger charge is -2.20. The predicted octanol–water partition coefficient (Wildman–Crippen LogP) is 3.38. The van der Waals surface area contributed by atoms with E-state index in [2.05, 4.69) is 10.3 Å². The summed E-state index contributed by atoms with van der Waals surface area (Å²) in [6, 6.07) is 11.7. The van der Waals surface area contributed by atoms with Crippen LogP contribution in [-0.2, 0) is 13.0 Å². The Hall–Kier alpha value is -1.87. The standard InChI is InChI=1S/C19H22ClN3O3.HI/c1-24-15-4-2-13(3-5-15)6-7-22-19(21)23-12-14-10-16(20)18-17(11-14)25-8-9-26-18;/h2-5,10-11H,6-9,12H2,1H3,(H3,21,22,23);1H. The summed E-state index contributed by atoms with van der Waals surface area (Å²) in [5, 5.41) is 3.64. The first-order valence-electron chi connectivity index (χ1n) is 8.40. The van der Waals surface area contributed by atoms with E-state index in [4.69, 9.17) is 31.5 Å². The van der Waals surface area contributed by atoms with E-state index in [1.165, 1.54) is 5.56 Å². The zero-order chi connectivity index (χ0) is 18.4. The molecule has 27 heavy (non-hydrogen) atoms. The lowest BCUT2D eigenvalue weighted by atomic mass is 10.1. The Morgan fingerprint density at radius 3 is 2.67 bits per heavy atom. The van der Waals surface area contributed by atoms with E-state index in [0.29, 0.717) is 48.8 Å². The molecule has 0 amide bonds. The van der Waals surface area contributed by atoms with E-state index in [9.17, 15) is 0 Å². The smallest absolute Gasteiger partial charge is 0.188 e. The molecule has 0 unspecified atom stereocenters. The number of hydrogen-bond donors (Lipinski definition) is 2. The third-order valence-corrected chi connectivity index (χ3v) is 4.25. The fourth-order valence-corrected chi connectivity index (χ4v) is 2.90. The maximum absolute atomic E-state index is 6.23. The van der Waals surface area contributed by atoms with Gasteiger partial charge >= 0.3 is 0 Å². The van der Waals surface area contributed by atoms with Crippen LogP contribution >= 0.6 is 35.6 Å². The largest absolute Gasteiger partial charge is 0.497 e. The van der Waals surface area contributed by atoms with Crippen molar-refractivity contribution in [3.8, 4) is 17.2 Å². The van der Waals surface area contributed by atoms with Crippen LogP contribution < -0.4 is 25.3 Å². The van der Waals surface area contributed by atoms with Gasteiger partial charge in [0.05, 0.1) is 18.7 Å². The Bertz CT molecular complexity index is 785. The van der Waals surface area contributed by atoms with Crippen LogP contribution in [-0.4, -0.2) is 32.8 Å². The zero-order valence-corrected chi connectivity index (χ0v) is 18.1. The van der Waals surface area contributed by atoms with Crippen molar-refractivity contribution >= 4 is 41.5 Å². The highest BCUT2D eigenvalue weighted by Crippen LogP contribution is 2.38.